The fourth-order valence-electron chi connectivity index (χ4n) is 2.63. The lowest BCUT2D eigenvalue weighted by Gasteiger charge is -2.37. The number of hydrogen-bond donors (Lipinski definition) is 1. The van der Waals surface area contributed by atoms with Crippen molar-refractivity contribution in [2.24, 2.45) is 4.99 Å². The molecule has 2 heterocycles. The maximum Gasteiger partial charge on any atom is 0.328 e. The molecule has 1 aromatic rings. The van der Waals surface area contributed by atoms with E-state index in [1.807, 2.05) is 52.1 Å². The van der Waals surface area contributed by atoms with Crippen molar-refractivity contribution in [2.75, 3.05) is 44.2 Å². The zero-order chi connectivity index (χ0) is 18.3. The van der Waals surface area contributed by atoms with Crippen molar-refractivity contribution >= 4 is 41.7 Å². The van der Waals surface area contributed by atoms with E-state index in [1.165, 1.54) is 0 Å². The monoisotopic (exact) mass is 475 g/mol. The van der Waals surface area contributed by atoms with Gasteiger partial charge in [0.1, 0.15) is 18.0 Å². The summed E-state index contributed by atoms with van der Waals surface area (Å²) in [5.41, 5.74) is -0.487. The zero-order valence-electron chi connectivity index (χ0n) is 16.1. The number of piperazine rings is 1. The number of carbonyl (C=O) groups is 1. The number of aromatic nitrogens is 1. The van der Waals surface area contributed by atoms with Crippen LogP contribution < -0.4 is 10.2 Å². The van der Waals surface area contributed by atoms with E-state index in [0.717, 1.165) is 44.5 Å². The molecule has 1 aliphatic rings. The highest BCUT2D eigenvalue weighted by atomic mass is 127. The molecule has 0 amide bonds. The molecule has 0 bridgehead atoms. The van der Waals surface area contributed by atoms with Gasteiger partial charge in [-0.1, -0.05) is 6.07 Å². The molecule has 1 saturated heterocycles. The van der Waals surface area contributed by atoms with Crippen LogP contribution in [0.25, 0.3) is 0 Å². The summed E-state index contributed by atoms with van der Waals surface area (Å²) in [6.45, 7) is 11.8. The number of halogens is 1. The third-order valence-corrected chi connectivity index (χ3v) is 3.67. The largest absolute Gasteiger partial charge is 0.459 e. The first-order valence-electron chi connectivity index (χ1n) is 8.80. The summed E-state index contributed by atoms with van der Waals surface area (Å²) in [7, 11) is 0. The van der Waals surface area contributed by atoms with Gasteiger partial charge in [-0.25, -0.2) is 9.98 Å². The normalized spacial score (nSPS) is 15.3. The smallest absolute Gasteiger partial charge is 0.328 e. The predicted molar refractivity (Wildman–Crippen MR) is 115 cm³/mol. The van der Waals surface area contributed by atoms with Gasteiger partial charge in [-0.2, -0.15) is 0 Å². The van der Waals surface area contributed by atoms with Gasteiger partial charge in [-0.05, 0) is 39.8 Å². The Morgan fingerprint density at radius 3 is 2.50 bits per heavy atom. The first-order valence-corrected chi connectivity index (χ1v) is 8.80. The first kappa shape index (κ1) is 22.5. The van der Waals surface area contributed by atoms with E-state index in [4.69, 9.17) is 4.74 Å². The molecular formula is C18H30IN5O2. The van der Waals surface area contributed by atoms with Crippen molar-refractivity contribution in [1.29, 1.82) is 0 Å². The molecule has 26 heavy (non-hydrogen) atoms. The van der Waals surface area contributed by atoms with Crippen molar-refractivity contribution in [2.45, 2.75) is 33.3 Å². The van der Waals surface area contributed by atoms with Gasteiger partial charge in [-0.3, -0.25) is 4.79 Å². The highest BCUT2D eigenvalue weighted by Crippen LogP contribution is 2.12. The van der Waals surface area contributed by atoms with E-state index in [2.05, 4.69) is 25.1 Å². The summed E-state index contributed by atoms with van der Waals surface area (Å²) in [6, 6.07) is 5.95. The van der Waals surface area contributed by atoms with Crippen LogP contribution in [0.4, 0.5) is 5.82 Å². The second kappa shape index (κ2) is 10.5. The Morgan fingerprint density at radius 2 is 1.96 bits per heavy atom. The van der Waals surface area contributed by atoms with Crippen LogP contribution in [0.3, 0.4) is 0 Å². The van der Waals surface area contributed by atoms with Crippen LogP contribution in [0.1, 0.15) is 27.7 Å². The number of aliphatic imine (C=N–C) groups is 1. The summed E-state index contributed by atoms with van der Waals surface area (Å²) in [5.74, 6) is 1.45. The molecule has 0 unspecified atom stereocenters. The molecule has 0 aliphatic carbocycles. The van der Waals surface area contributed by atoms with Crippen molar-refractivity contribution in [3.63, 3.8) is 0 Å². The van der Waals surface area contributed by atoms with Crippen molar-refractivity contribution in [1.82, 2.24) is 15.2 Å². The third-order valence-electron chi connectivity index (χ3n) is 3.67. The molecule has 0 radical (unpaired) electrons. The molecule has 1 aliphatic heterocycles. The number of nitrogens with one attached hydrogen (secondary N) is 1. The molecule has 8 heteroatoms. The summed E-state index contributed by atoms with van der Waals surface area (Å²) in [4.78, 5) is 25.2. The van der Waals surface area contributed by atoms with Crippen LogP contribution in [-0.2, 0) is 9.53 Å². The zero-order valence-corrected chi connectivity index (χ0v) is 18.4. The van der Waals surface area contributed by atoms with Gasteiger partial charge >= 0.3 is 5.97 Å². The lowest BCUT2D eigenvalue weighted by atomic mass is 10.2. The number of pyridine rings is 1. The van der Waals surface area contributed by atoms with Crippen LogP contribution >= 0.6 is 24.0 Å². The van der Waals surface area contributed by atoms with Crippen LogP contribution in [0.15, 0.2) is 29.4 Å². The third kappa shape index (κ3) is 7.35. The summed E-state index contributed by atoms with van der Waals surface area (Å²) < 4.78 is 5.32. The number of rotatable bonds is 4. The molecular weight excluding hydrogens is 445 g/mol. The number of hydrogen-bond acceptors (Lipinski definition) is 5. The maximum atomic E-state index is 11.9. The van der Waals surface area contributed by atoms with Crippen LogP contribution in [-0.4, -0.2) is 66.7 Å². The number of esters is 1. The Labute approximate surface area is 173 Å². The molecule has 0 spiro atoms. The highest BCUT2D eigenvalue weighted by molar-refractivity contribution is 14.0. The Hall–Kier alpha value is -1.58. The molecule has 1 aromatic heterocycles. The lowest BCUT2D eigenvalue weighted by Crippen LogP contribution is -2.53. The minimum Gasteiger partial charge on any atom is -0.459 e. The number of ether oxygens (including phenoxy) is 1. The second-order valence-electron chi connectivity index (χ2n) is 6.92. The number of guanidine groups is 1. The van der Waals surface area contributed by atoms with E-state index in [0.29, 0.717) is 0 Å². The van der Waals surface area contributed by atoms with Gasteiger partial charge in [0.15, 0.2) is 5.96 Å². The fraction of sp³-hybridized carbons (Fsp3) is 0.611. The Kier molecular flexibility index (Phi) is 9.11. The van der Waals surface area contributed by atoms with E-state index >= 15 is 0 Å². The van der Waals surface area contributed by atoms with Gasteiger partial charge in [0.05, 0.1) is 0 Å². The molecule has 0 saturated carbocycles. The van der Waals surface area contributed by atoms with Gasteiger partial charge in [0.2, 0.25) is 0 Å². The van der Waals surface area contributed by atoms with E-state index in [9.17, 15) is 4.79 Å². The van der Waals surface area contributed by atoms with E-state index in [1.54, 1.807) is 0 Å². The summed E-state index contributed by atoms with van der Waals surface area (Å²) in [6.07, 6.45) is 1.81. The SMILES string of the molecule is CCNC(=NCC(=O)OC(C)(C)C)N1CCN(c2ccccn2)CC1.I. The van der Waals surface area contributed by atoms with Crippen LogP contribution in [0.5, 0.6) is 0 Å². The minimum atomic E-state index is -0.487. The Morgan fingerprint density at radius 1 is 1.27 bits per heavy atom. The topological polar surface area (TPSA) is 70.1 Å². The quantitative estimate of drug-likeness (QED) is 0.312. The highest BCUT2D eigenvalue weighted by Gasteiger charge is 2.21. The first-order chi connectivity index (χ1) is 11.9. The van der Waals surface area contributed by atoms with E-state index < -0.39 is 5.60 Å². The predicted octanol–water partition coefficient (Wildman–Crippen LogP) is 2.13. The molecule has 7 nitrogen and oxygen atoms in total. The number of carbonyl (C=O) groups excluding carboxylic acids is 1. The van der Waals surface area contributed by atoms with Gasteiger partial charge in [0, 0.05) is 38.9 Å². The van der Waals surface area contributed by atoms with Gasteiger partial charge in [-0.15, -0.1) is 24.0 Å². The van der Waals surface area contributed by atoms with Crippen molar-refractivity contribution < 1.29 is 9.53 Å². The summed E-state index contributed by atoms with van der Waals surface area (Å²) in [5, 5.41) is 3.26. The van der Waals surface area contributed by atoms with Crippen LogP contribution in [0, 0.1) is 0 Å². The molecule has 1 fully saturated rings. The molecule has 0 aromatic carbocycles. The second-order valence-corrected chi connectivity index (χ2v) is 6.92. The molecule has 0 atom stereocenters. The van der Waals surface area contributed by atoms with Crippen molar-refractivity contribution in [3.05, 3.63) is 24.4 Å². The maximum absolute atomic E-state index is 11.9. The fourth-order valence-corrected chi connectivity index (χ4v) is 2.63. The average molecular weight is 475 g/mol. The van der Waals surface area contributed by atoms with E-state index in [-0.39, 0.29) is 36.5 Å². The minimum absolute atomic E-state index is 0. The lowest BCUT2D eigenvalue weighted by molar-refractivity contribution is -0.152. The van der Waals surface area contributed by atoms with Crippen LogP contribution in [0.2, 0.25) is 0 Å². The standard InChI is InChI=1S/C18H29N5O2.HI/c1-5-19-17(21-14-16(24)25-18(2,3)4)23-12-10-22(11-13-23)15-8-6-7-9-20-15;/h6-9H,5,10-14H2,1-4H3,(H,19,21);1H. The average Bonchev–Trinajstić information content (AvgIpc) is 2.58. The van der Waals surface area contributed by atoms with Gasteiger partial charge < -0.3 is 19.9 Å². The Bertz CT molecular complexity index is 581. The van der Waals surface area contributed by atoms with Gasteiger partial charge in [0.25, 0.3) is 0 Å². The van der Waals surface area contributed by atoms with Crippen molar-refractivity contribution in [3.8, 4) is 0 Å². The summed E-state index contributed by atoms with van der Waals surface area (Å²) >= 11 is 0. The number of nitrogens with zero attached hydrogens (tertiary/aromatic N) is 4. The molecule has 146 valence electrons. The molecule has 2 rings (SSSR count). The molecule has 1 N–H and O–H groups in total. The number of anilines is 1. The Balaban J connectivity index is 0.00000338.